The SMILES string of the molecule is O=[N+]([O-])c1cc(Nc2ncnc3scc(-c4ccc5c(c4)CCCC5)c23)ccc1Cl. The Morgan fingerprint density at radius 2 is 1.90 bits per heavy atom. The summed E-state index contributed by atoms with van der Waals surface area (Å²) in [5, 5.41) is 17.6. The first-order valence-electron chi connectivity index (χ1n) is 9.65. The Hall–Kier alpha value is -3.03. The van der Waals surface area contributed by atoms with E-state index in [0.29, 0.717) is 11.5 Å². The highest BCUT2D eigenvalue weighted by Gasteiger charge is 2.18. The molecule has 2 aromatic carbocycles. The summed E-state index contributed by atoms with van der Waals surface area (Å²) in [7, 11) is 0. The first-order chi connectivity index (χ1) is 14.6. The van der Waals surface area contributed by atoms with Crippen molar-refractivity contribution in [3.8, 4) is 11.1 Å². The summed E-state index contributed by atoms with van der Waals surface area (Å²) in [6.45, 7) is 0. The molecule has 1 aliphatic rings. The highest BCUT2D eigenvalue weighted by Crippen LogP contribution is 2.39. The van der Waals surface area contributed by atoms with Gasteiger partial charge in [-0.15, -0.1) is 11.3 Å². The van der Waals surface area contributed by atoms with Gasteiger partial charge in [-0.3, -0.25) is 10.1 Å². The molecule has 0 spiro atoms. The lowest BCUT2D eigenvalue weighted by Crippen LogP contribution is -2.02. The molecule has 1 aliphatic carbocycles. The third-order valence-corrected chi connectivity index (χ3v) is 6.64. The van der Waals surface area contributed by atoms with E-state index in [0.717, 1.165) is 34.2 Å². The summed E-state index contributed by atoms with van der Waals surface area (Å²) in [6.07, 6.45) is 6.24. The van der Waals surface area contributed by atoms with Crippen molar-refractivity contribution < 1.29 is 4.92 Å². The van der Waals surface area contributed by atoms with Gasteiger partial charge in [0.25, 0.3) is 5.69 Å². The van der Waals surface area contributed by atoms with E-state index in [1.165, 1.54) is 42.4 Å². The zero-order valence-electron chi connectivity index (χ0n) is 15.9. The normalized spacial score (nSPS) is 13.2. The van der Waals surface area contributed by atoms with Crippen molar-refractivity contribution in [1.82, 2.24) is 9.97 Å². The van der Waals surface area contributed by atoms with E-state index in [4.69, 9.17) is 11.6 Å². The molecule has 0 unspecified atom stereocenters. The highest BCUT2D eigenvalue weighted by atomic mass is 35.5. The Labute approximate surface area is 181 Å². The zero-order chi connectivity index (χ0) is 20.7. The minimum atomic E-state index is -0.494. The first kappa shape index (κ1) is 19.0. The number of halogens is 1. The van der Waals surface area contributed by atoms with Crippen LogP contribution in [0.1, 0.15) is 24.0 Å². The van der Waals surface area contributed by atoms with Gasteiger partial charge in [-0.25, -0.2) is 9.97 Å². The molecule has 6 nitrogen and oxygen atoms in total. The monoisotopic (exact) mass is 436 g/mol. The van der Waals surface area contributed by atoms with E-state index in [9.17, 15) is 10.1 Å². The molecule has 0 saturated heterocycles. The number of hydrogen-bond donors (Lipinski definition) is 1. The average Bonchev–Trinajstić information content (AvgIpc) is 3.20. The van der Waals surface area contributed by atoms with Crippen molar-refractivity contribution in [3.63, 3.8) is 0 Å². The number of rotatable bonds is 4. The third-order valence-electron chi connectivity index (χ3n) is 5.44. The molecule has 0 bridgehead atoms. The summed E-state index contributed by atoms with van der Waals surface area (Å²) in [4.78, 5) is 20.4. The van der Waals surface area contributed by atoms with Gasteiger partial charge >= 0.3 is 0 Å². The van der Waals surface area contributed by atoms with Crippen LogP contribution in [0.25, 0.3) is 21.3 Å². The van der Waals surface area contributed by atoms with Crippen LogP contribution in [0.4, 0.5) is 17.2 Å². The van der Waals surface area contributed by atoms with Crippen molar-refractivity contribution in [1.29, 1.82) is 0 Å². The minimum Gasteiger partial charge on any atom is -0.339 e. The average molecular weight is 437 g/mol. The predicted molar refractivity (Wildman–Crippen MR) is 121 cm³/mol. The Morgan fingerprint density at radius 1 is 1.07 bits per heavy atom. The molecule has 0 atom stereocenters. The van der Waals surface area contributed by atoms with Crippen LogP contribution in [-0.4, -0.2) is 14.9 Å². The Kier molecular flexibility index (Phi) is 4.84. The number of nitro benzene ring substituents is 1. The van der Waals surface area contributed by atoms with E-state index in [1.54, 1.807) is 17.4 Å². The second-order valence-corrected chi connectivity index (χ2v) is 8.56. The van der Waals surface area contributed by atoms with Gasteiger partial charge in [-0.1, -0.05) is 29.8 Å². The minimum absolute atomic E-state index is 0.101. The number of fused-ring (bicyclic) bond motifs is 2. The molecular weight excluding hydrogens is 420 g/mol. The number of aryl methyl sites for hydroxylation is 2. The first-order valence-corrected chi connectivity index (χ1v) is 10.9. The van der Waals surface area contributed by atoms with Crippen LogP contribution in [-0.2, 0) is 12.8 Å². The van der Waals surface area contributed by atoms with Crippen LogP contribution in [0.5, 0.6) is 0 Å². The van der Waals surface area contributed by atoms with Gasteiger partial charge in [0.05, 0.1) is 10.3 Å². The zero-order valence-corrected chi connectivity index (χ0v) is 17.5. The number of nitrogens with one attached hydrogen (secondary N) is 1. The molecule has 30 heavy (non-hydrogen) atoms. The lowest BCUT2D eigenvalue weighted by Gasteiger charge is -2.16. The topological polar surface area (TPSA) is 81.0 Å². The van der Waals surface area contributed by atoms with E-state index in [2.05, 4.69) is 38.9 Å². The molecule has 0 radical (unpaired) electrons. The number of benzene rings is 2. The molecule has 0 amide bonds. The van der Waals surface area contributed by atoms with Crippen molar-refractivity contribution in [2.75, 3.05) is 5.32 Å². The molecule has 1 N–H and O–H groups in total. The number of nitro groups is 1. The van der Waals surface area contributed by atoms with Crippen molar-refractivity contribution in [3.05, 3.63) is 74.4 Å². The van der Waals surface area contributed by atoms with Crippen LogP contribution in [0.15, 0.2) is 48.1 Å². The quantitative estimate of drug-likeness (QED) is 0.290. The van der Waals surface area contributed by atoms with Gasteiger partial charge in [0.1, 0.15) is 22.0 Å². The van der Waals surface area contributed by atoms with Crippen molar-refractivity contribution in [2.45, 2.75) is 25.7 Å². The Balaban J connectivity index is 1.59. The molecule has 0 saturated carbocycles. The second kappa shape index (κ2) is 7.66. The lowest BCUT2D eigenvalue weighted by molar-refractivity contribution is -0.384. The van der Waals surface area contributed by atoms with Gasteiger partial charge in [0.15, 0.2) is 0 Å². The van der Waals surface area contributed by atoms with Gasteiger partial charge in [0.2, 0.25) is 0 Å². The van der Waals surface area contributed by atoms with E-state index in [1.807, 2.05) is 0 Å². The van der Waals surface area contributed by atoms with Gasteiger partial charge in [0, 0.05) is 22.7 Å². The summed E-state index contributed by atoms with van der Waals surface area (Å²) in [5.41, 5.74) is 5.46. The highest BCUT2D eigenvalue weighted by molar-refractivity contribution is 7.17. The number of nitrogens with zero attached hydrogens (tertiary/aromatic N) is 3. The predicted octanol–water partition coefficient (Wildman–Crippen LogP) is 6.54. The largest absolute Gasteiger partial charge is 0.339 e. The Morgan fingerprint density at radius 3 is 2.73 bits per heavy atom. The fourth-order valence-electron chi connectivity index (χ4n) is 3.95. The molecule has 2 heterocycles. The summed E-state index contributed by atoms with van der Waals surface area (Å²) < 4.78 is 0. The van der Waals surface area contributed by atoms with E-state index >= 15 is 0 Å². The molecule has 4 aromatic rings. The fraction of sp³-hybridized carbons (Fsp3) is 0.182. The van der Waals surface area contributed by atoms with Gasteiger partial charge in [-0.05, 0) is 54.5 Å². The number of hydrogen-bond acceptors (Lipinski definition) is 6. The summed E-state index contributed by atoms with van der Waals surface area (Å²) in [6, 6.07) is 11.3. The van der Waals surface area contributed by atoms with Crippen molar-refractivity contribution >= 4 is 50.3 Å². The molecule has 0 aliphatic heterocycles. The van der Waals surface area contributed by atoms with Crippen molar-refractivity contribution in [2.24, 2.45) is 0 Å². The maximum atomic E-state index is 11.2. The van der Waals surface area contributed by atoms with Crippen LogP contribution < -0.4 is 5.32 Å². The molecule has 2 aromatic heterocycles. The molecule has 5 rings (SSSR count). The number of thiophene rings is 1. The van der Waals surface area contributed by atoms with Crippen LogP contribution in [0.2, 0.25) is 5.02 Å². The summed E-state index contributed by atoms with van der Waals surface area (Å²) in [5.74, 6) is 0.616. The summed E-state index contributed by atoms with van der Waals surface area (Å²) >= 11 is 7.50. The molecule has 0 fully saturated rings. The lowest BCUT2D eigenvalue weighted by atomic mass is 9.89. The number of anilines is 2. The number of aromatic nitrogens is 2. The standard InChI is InChI=1S/C22H17ClN4O2S/c23-18-8-7-16(10-19(18)27(28)29)26-21-20-17(11-30-22(20)25-12-24-21)15-6-5-13-3-1-2-4-14(13)9-15/h5-12H,1-4H2,(H,24,25,26). The smallest absolute Gasteiger partial charge is 0.289 e. The van der Waals surface area contributed by atoms with Crippen LogP contribution in [0, 0.1) is 10.1 Å². The molecular formula is C22H17ClN4O2S. The maximum absolute atomic E-state index is 11.2. The maximum Gasteiger partial charge on any atom is 0.289 e. The van der Waals surface area contributed by atoms with Gasteiger partial charge in [-0.2, -0.15) is 0 Å². The third kappa shape index (κ3) is 3.40. The second-order valence-electron chi connectivity index (χ2n) is 7.29. The fourth-order valence-corrected chi connectivity index (χ4v) is 5.05. The Bertz CT molecular complexity index is 1290. The van der Waals surface area contributed by atoms with Gasteiger partial charge < -0.3 is 5.32 Å². The van der Waals surface area contributed by atoms with E-state index in [-0.39, 0.29) is 10.7 Å². The van der Waals surface area contributed by atoms with Crippen LogP contribution >= 0.6 is 22.9 Å². The van der Waals surface area contributed by atoms with E-state index < -0.39 is 4.92 Å². The molecule has 8 heteroatoms. The van der Waals surface area contributed by atoms with Crippen LogP contribution in [0.3, 0.4) is 0 Å². The molecule has 150 valence electrons.